The van der Waals surface area contributed by atoms with Crippen molar-refractivity contribution in [1.29, 1.82) is 0 Å². The summed E-state index contributed by atoms with van der Waals surface area (Å²) in [6.07, 6.45) is 1.64. The Hall–Kier alpha value is -1.62. The Morgan fingerprint density at radius 3 is 2.88 bits per heavy atom. The molecule has 17 heavy (non-hydrogen) atoms. The number of amides is 1. The van der Waals surface area contributed by atoms with Crippen LogP contribution in [0.5, 0.6) is 5.88 Å². The molecule has 0 saturated heterocycles. The highest BCUT2D eigenvalue weighted by Crippen LogP contribution is 2.08. The van der Waals surface area contributed by atoms with Crippen LogP contribution in [0.3, 0.4) is 0 Å². The average molecular weight is 237 g/mol. The third-order valence-corrected chi connectivity index (χ3v) is 2.50. The van der Waals surface area contributed by atoms with Gasteiger partial charge in [0.15, 0.2) is 0 Å². The molecule has 0 bridgehead atoms. The number of ether oxygens (including phenoxy) is 1. The quantitative estimate of drug-likeness (QED) is 0.790. The third-order valence-electron chi connectivity index (χ3n) is 2.50. The molecule has 0 aliphatic carbocycles. The van der Waals surface area contributed by atoms with Crippen molar-refractivity contribution in [3.8, 4) is 5.88 Å². The SMILES string of the molecule is COc1cc(CNC(=O)C(N)C(C)C)ccn1. The second-order valence-electron chi connectivity index (χ2n) is 4.19. The van der Waals surface area contributed by atoms with E-state index in [-0.39, 0.29) is 11.8 Å². The van der Waals surface area contributed by atoms with Crippen LogP contribution in [0.2, 0.25) is 0 Å². The van der Waals surface area contributed by atoms with Crippen molar-refractivity contribution in [2.24, 2.45) is 11.7 Å². The Morgan fingerprint density at radius 2 is 2.29 bits per heavy atom. The molecule has 1 amide bonds. The maximum absolute atomic E-state index is 11.6. The molecule has 1 atom stereocenters. The van der Waals surface area contributed by atoms with Crippen LogP contribution in [-0.4, -0.2) is 24.0 Å². The molecule has 3 N–H and O–H groups in total. The van der Waals surface area contributed by atoms with Crippen LogP contribution < -0.4 is 15.8 Å². The van der Waals surface area contributed by atoms with Gasteiger partial charge in [-0.1, -0.05) is 13.8 Å². The van der Waals surface area contributed by atoms with Gasteiger partial charge in [0.25, 0.3) is 0 Å². The molecule has 1 rings (SSSR count). The number of nitrogens with one attached hydrogen (secondary N) is 1. The molecule has 1 unspecified atom stereocenters. The fourth-order valence-electron chi connectivity index (χ4n) is 1.28. The van der Waals surface area contributed by atoms with Gasteiger partial charge in [-0.3, -0.25) is 4.79 Å². The molecule has 94 valence electrons. The average Bonchev–Trinajstić information content (AvgIpc) is 2.35. The number of nitrogens with zero attached hydrogens (tertiary/aromatic N) is 1. The van der Waals surface area contributed by atoms with Crippen molar-refractivity contribution in [2.75, 3.05) is 7.11 Å². The van der Waals surface area contributed by atoms with Crippen molar-refractivity contribution in [3.05, 3.63) is 23.9 Å². The lowest BCUT2D eigenvalue weighted by atomic mass is 10.1. The van der Waals surface area contributed by atoms with Crippen molar-refractivity contribution >= 4 is 5.91 Å². The molecule has 0 spiro atoms. The number of rotatable bonds is 5. The Kier molecular flexibility index (Phi) is 4.90. The van der Waals surface area contributed by atoms with E-state index >= 15 is 0 Å². The van der Waals surface area contributed by atoms with Gasteiger partial charge in [-0.2, -0.15) is 0 Å². The van der Waals surface area contributed by atoms with Crippen molar-refractivity contribution in [1.82, 2.24) is 10.3 Å². The van der Waals surface area contributed by atoms with Gasteiger partial charge in [-0.15, -0.1) is 0 Å². The summed E-state index contributed by atoms with van der Waals surface area (Å²) in [5.41, 5.74) is 6.66. The van der Waals surface area contributed by atoms with Gasteiger partial charge in [0.1, 0.15) is 0 Å². The normalized spacial score (nSPS) is 12.3. The molecule has 1 aromatic rings. The van der Waals surface area contributed by atoms with Crippen LogP contribution in [0.15, 0.2) is 18.3 Å². The summed E-state index contributed by atoms with van der Waals surface area (Å²) in [6, 6.07) is 3.13. The van der Waals surface area contributed by atoms with Gasteiger partial charge in [-0.05, 0) is 17.5 Å². The number of nitrogens with two attached hydrogens (primary N) is 1. The van der Waals surface area contributed by atoms with Gasteiger partial charge in [0, 0.05) is 18.8 Å². The van der Waals surface area contributed by atoms with Crippen LogP contribution in [0.4, 0.5) is 0 Å². The van der Waals surface area contributed by atoms with E-state index in [4.69, 9.17) is 10.5 Å². The molecule has 0 radical (unpaired) electrons. The molecule has 1 heterocycles. The molecule has 0 fully saturated rings. The van der Waals surface area contributed by atoms with Crippen LogP contribution in [-0.2, 0) is 11.3 Å². The molecule has 0 aliphatic rings. The zero-order valence-corrected chi connectivity index (χ0v) is 10.4. The minimum Gasteiger partial charge on any atom is -0.481 e. The topological polar surface area (TPSA) is 77.2 Å². The van der Waals surface area contributed by atoms with Crippen LogP contribution in [0.1, 0.15) is 19.4 Å². The molecule has 0 saturated carbocycles. The fraction of sp³-hybridized carbons (Fsp3) is 0.500. The predicted molar refractivity (Wildman–Crippen MR) is 65.4 cm³/mol. The lowest BCUT2D eigenvalue weighted by molar-refractivity contribution is -0.123. The lowest BCUT2D eigenvalue weighted by Crippen LogP contribution is -2.43. The van der Waals surface area contributed by atoms with E-state index in [1.165, 1.54) is 0 Å². The molecule has 1 aromatic heterocycles. The van der Waals surface area contributed by atoms with Crippen molar-refractivity contribution < 1.29 is 9.53 Å². The van der Waals surface area contributed by atoms with Gasteiger partial charge in [0.05, 0.1) is 13.2 Å². The van der Waals surface area contributed by atoms with Crippen molar-refractivity contribution in [2.45, 2.75) is 26.4 Å². The molecule has 5 nitrogen and oxygen atoms in total. The number of hydrogen-bond acceptors (Lipinski definition) is 4. The molecule has 0 aliphatic heterocycles. The van der Waals surface area contributed by atoms with E-state index in [1.54, 1.807) is 19.4 Å². The van der Waals surface area contributed by atoms with Crippen LogP contribution >= 0.6 is 0 Å². The minimum absolute atomic E-state index is 0.127. The van der Waals surface area contributed by atoms with Crippen molar-refractivity contribution in [3.63, 3.8) is 0 Å². The monoisotopic (exact) mass is 237 g/mol. The van der Waals surface area contributed by atoms with E-state index in [0.717, 1.165) is 5.56 Å². The second kappa shape index (κ2) is 6.20. The van der Waals surface area contributed by atoms with E-state index in [1.807, 2.05) is 19.9 Å². The summed E-state index contributed by atoms with van der Waals surface area (Å²) in [5.74, 6) is 0.516. The largest absolute Gasteiger partial charge is 0.481 e. The third kappa shape index (κ3) is 4.03. The number of aromatic nitrogens is 1. The first-order chi connectivity index (χ1) is 8.04. The number of carbonyl (C=O) groups excluding carboxylic acids is 1. The highest BCUT2D eigenvalue weighted by atomic mass is 16.5. The van der Waals surface area contributed by atoms with E-state index in [9.17, 15) is 4.79 Å². The summed E-state index contributed by atoms with van der Waals surface area (Å²) in [4.78, 5) is 15.6. The van der Waals surface area contributed by atoms with Crippen LogP contribution in [0.25, 0.3) is 0 Å². The van der Waals surface area contributed by atoms with Gasteiger partial charge in [-0.25, -0.2) is 4.98 Å². The first-order valence-corrected chi connectivity index (χ1v) is 5.56. The number of methoxy groups -OCH3 is 1. The van der Waals surface area contributed by atoms with Gasteiger partial charge >= 0.3 is 0 Å². The lowest BCUT2D eigenvalue weighted by Gasteiger charge is -2.15. The Morgan fingerprint density at radius 1 is 1.59 bits per heavy atom. The molecule has 5 heteroatoms. The number of pyridine rings is 1. The highest BCUT2D eigenvalue weighted by Gasteiger charge is 2.16. The zero-order chi connectivity index (χ0) is 12.8. The van der Waals surface area contributed by atoms with Gasteiger partial charge in [0.2, 0.25) is 11.8 Å². The van der Waals surface area contributed by atoms with Gasteiger partial charge < -0.3 is 15.8 Å². The van der Waals surface area contributed by atoms with E-state index < -0.39 is 6.04 Å². The van der Waals surface area contributed by atoms with Crippen LogP contribution in [0, 0.1) is 5.92 Å². The summed E-state index contributed by atoms with van der Waals surface area (Å²) < 4.78 is 5.00. The minimum atomic E-state index is -0.473. The predicted octanol–water partition coefficient (Wildman–Crippen LogP) is 0.690. The molecular weight excluding hydrogens is 218 g/mol. The van der Waals surface area contributed by atoms with E-state index in [0.29, 0.717) is 12.4 Å². The summed E-state index contributed by atoms with van der Waals surface area (Å²) in [6.45, 7) is 4.26. The number of carbonyl (C=O) groups is 1. The molecule has 0 aromatic carbocycles. The first kappa shape index (κ1) is 13.4. The summed E-state index contributed by atoms with van der Waals surface area (Å²) >= 11 is 0. The smallest absolute Gasteiger partial charge is 0.237 e. The first-order valence-electron chi connectivity index (χ1n) is 5.56. The Labute approximate surface area is 101 Å². The summed E-state index contributed by atoms with van der Waals surface area (Å²) in [7, 11) is 1.55. The zero-order valence-electron chi connectivity index (χ0n) is 10.4. The Bertz CT molecular complexity index is 380. The fourth-order valence-corrected chi connectivity index (χ4v) is 1.28. The standard InChI is InChI=1S/C12H19N3O2/c1-8(2)11(13)12(16)15-7-9-4-5-14-10(6-9)17-3/h4-6,8,11H,7,13H2,1-3H3,(H,15,16). The molecular formula is C12H19N3O2. The number of hydrogen-bond donors (Lipinski definition) is 2. The maximum atomic E-state index is 11.6. The van der Waals surface area contributed by atoms with E-state index in [2.05, 4.69) is 10.3 Å². The maximum Gasteiger partial charge on any atom is 0.237 e. The highest BCUT2D eigenvalue weighted by molar-refractivity contribution is 5.81. The second-order valence-corrected chi connectivity index (χ2v) is 4.19. The summed E-state index contributed by atoms with van der Waals surface area (Å²) in [5, 5.41) is 2.78. The Balaban J connectivity index is 2.52.